The van der Waals surface area contributed by atoms with Crippen LogP contribution in [0.4, 0.5) is 11.4 Å². The van der Waals surface area contributed by atoms with E-state index < -0.39 is 0 Å². The molecule has 1 amide bonds. The maximum atomic E-state index is 12.5. The molecule has 4 heteroatoms. The fourth-order valence-electron chi connectivity index (χ4n) is 2.88. The van der Waals surface area contributed by atoms with Gasteiger partial charge in [0.2, 0.25) is 5.91 Å². The summed E-state index contributed by atoms with van der Waals surface area (Å²) in [4.78, 5) is 23.8. The van der Waals surface area contributed by atoms with Crippen LogP contribution in [-0.2, 0) is 4.79 Å². The van der Waals surface area contributed by atoms with Crippen LogP contribution in [0.5, 0.6) is 0 Å². The van der Waals surface area contributed by atoms with Gasteiger partial charge in [0.1, 0.15) is 0 Å². The van der Waals surface area contributed by atoms with Crippen LogP contribution in [0.15, 0.2) is 42.5 Å². The summed E-state index contributed by atoms with van der Waals surface area (Å²) >= 11 is 0. The number of ketones is 1. The molecule has 0 saturated carbocycles. The van der Waals surface area contributed by atoms with Gasteiger partial charge < -0.3 is 10.6 Å². The molecule has 0 radical (unpaired) electrons. The molecule has 0 bridgehead atoms. The first-order chi connectivity index (χ1) is 12.3. The fraction of sp³-hybridized carbons (Fsp3) is 0.364. The first-order valence-electron chi connectivity index (χ1n) is 9.07. The molecule has 0 unspecified atom stereocenters. The van der Waals surface area contributed by atoms with Crippen LogP contribution in [0.1, 0.15) is 67.9 Å². The molecule has 0 aliphatic carbocycles. The lowest BCUT2D eigenvalue weighted by Gasteiger charge is -2.20. The largest absolute Gasteiger partial charge is 0.376 e. The quantitative estimate of drug-likeness (QED) is 0.675. The van der Waals surface area contributed by atoms with Gasteiger partial charge in [-0.3, -0.25) is 9.59 Å². The minimum Gasteiger partial charge on any atom is -0.376 e. The second-order valence-corrected chi connectivity index (χ2v) is 7.16. The minimum absolute atomic E-state index is 0.0285. The number of amides is 1. The van der Waals surface area contributed by atoms with Crippen molar-refractivity contribution in [3.05, 3.63) is 59.2 Å². The second-order valence-electron chi connectivity index (χ2n) is 7.16. The van der Waals surface area contributed by atoms with E-state index >= 15 is 0 Å². The van der Waals surface area contributed by atoms with Crippen LogP contribution in [0.2, 0.25) is 0 Å². The fourth-order valence-corrected chi connectivity index (χ4v) is 2.88. The highest BCUT2D eigenvalue weighted by molar-refractivity contribution is 5.96. The van der Waals surface area contributed by atoms with Gasteiger partial charge in [0.25, 0.3) is 0 Å². The summed E-state index contributed by atoms with van der Waals surface area (Å²) < 4.78 is 0. The molecule has 26 heavy (non-hydrogen) atoms. The topological polar surface area (TPSA) is 58.2 Å². The van der Waals surface area contributed by atoms with Crippen LogP contribution in [-0.4, -0.2) is 18.2 Å². The van der Waals surface area contributed by atoms with E-state index in [1.807, 2.05) is 12.1 Å². The Hall–Kier alpha value is -2.62. The molecular weight excluding hydrogens is 324 g/mol. The molecule has 0 aliphatic rings. The van der Waals surface area contributed by atoms with E-state index in [4.69, 9.17) is 0 Å². The Morgan fingerprint density at radius 3 is 1.88 bits per heavy atom. The Morgan fingerprint density at radius 1 is 0.885 bits per heavy atom. The lowest BCUT2D eigenvalue weighted by molar-refractivity contribution is -0.114. The maximum absolute atomic E-state index is 12.5. The van der Waals surface area contributed by atoms with Crippen molar-refractivity contribution < 1.29 is 9.59 Å². The van der Waals surface area contributed by atoms with Crippen LogP contribution in [0.25, 0.3) is 0 Å². The Bertz CT molecular complexity index is 751. The number of hydrogen-bond acceptors (Lipinski definition) is 3. The number of Topliss-reactive ketones (excluding diaryl/α,β-unsaturated/α-hetero) is 1. The molecule has 2 N–H and O–H groups in total. The Kier molecular flexibility index (Phi) is 6.56. The zero-order valence-corrected chi connectivity index (χ0v) is 16.2. The van der Waals surface area contributed by atoms with E-state index in [1.165, 1.54) is 6.92 Å². The van der Waals surface area contributed by atoms with Crippen molar-refractivity contribution in [2.75, 3.05) is 17.2 Å². The molecule has 4 nitrogen and oxygen atoms in total. The van der Waals surface area contributed by atoms with Crippen LogP contribution in [0, 0.1) is 0 Å². The molecule has 0 heterocycles. The predicted octanol–water partition coefficient (Wildman–Crippen LogP) is 5.19. The summed E-state index contributed by atoms with van der Waals surface area (Å²) in [5, 5.41) is 6.19. The molecule has 0 aromatic heterocycles. The van der Waals surface area contributed by atoms with Gasteiger partial charge in [-0.05, 0) is 54.2 Å². The van der Waals surface area contributed by atoms with E-state index in [9.17, 15) is 9.59 Å². The third-order valence-electron chi connectivity index (χ3n) is 4.38. The average Bonchev–Trinajstić information content (AvgIpc) is 2.60. The molecule has 2 aromatic carbocycles. The lowest BCUT2D eigenvalue weighted by Crippen LogP contribution is -2.23. The summed E-state index contributed by atoms with van der Waals surface area (Å²) in [5.74, 6) is 0.601. The molecule has 138 valence electrons. The van der Waals surface area contributed by atoms with E-state index in [-0.39, 0.29) is 18.2 Å². The van der Waals surface area contributed by atoms with E-state index in [0.717, 1.165) is 22.5 Å². The number of benzene rings is 2. The van der Waals surface area contributed by atoms with E-state index in [1.54, 1.807) is 12.1 Å². The van der Waals surface area contributed by atoms with Crippen molar-refractivity contribution in [2.45, 2.75) is 46.5 Å². The molecule has 0 fully saturated rings. The van der Waals surface area contributed by atoms with Crippen LogP contribution in [0.3, 0.4) is 0 Å². The van der Waals surface area contributed by atoms with Crippen molar-refractivity contribution in [1.82, 2.24) is 0 Å². The van der Waals surface area contributed by atoms with Crippen molar-refractivity contribution in [3.63, 3.8) is 0 Å². The number of anilines is 2. The molecule has 0 atom stereocenters. The zero-order chi connectivity index (χ0) is 19.3. The first kappa shape index (κ1) is 19.7. The summed E-state index contributed by atoms with van der Waals surface area (Å²) in [7, 11) is 0. The van der Waals surface area contributed by atoms with Gasteiger partial charge in [-0.2, -0.15) is 0 Å². The first-order valence-corrected chi connectivity index (χ1v) is 9.07. The second kappa shape index (κ2) is 8.65. The van der Waals surface area contributed by atoms with Gasteiger partial charge in [0.15, 0.2) is 5.78 Å². The van der Waals surface area contributed by atoms with Gasteiger partial charge in [0.05, 0.1) is 6.54 Å². The molecule has 0 spiro atoms. The van der Waals surface area contributed by atoms with Crippen LogP contribution >= 0.6 is 0 Å². The maximum Gasteiger partial charge on any atom is 0.243 e. The summed E-state index contributed by atoms with van der Waals surface area (Å²) in [6, 6.07) is 13.3. The van der Waals surface area contributed by atoms with Gasteiger partial charge in [-0.15, -0.1) is 0 Å². The Morgan fingerprint density at radius 2 is 1.42 bits per heavy atom. The van der Waals surface area contributed by atoms with Crippen LogP contribution < -0.4 is 10.6 Å². The Labute approximate surface area is 156 Å². The number of nitrogens with one attached hydrogen (secondary N) is 2. The third-order valence-corrected chi connectivity index (χ3v) is 4.38. The normalized spacial score (nSPS) is 10.9. The summed E-state index contributed by atoms with van der Waals surface area (Å²) in [5.41, 5.74) is 4.70. The molecule has 2 aromatic rings. The van der Waals surface area contributed by atoms with Gasteiger partial charge in [0, 0.05) is 16.9 Å². The highest BCUT2D eigenvalue weighted by Crippen LogP contribution is 2.32. The minimum atomic E-state index is -0.0874. The highest BCUT2D eigenvalue weighted by Gasteiger charge is 2.15. The molecular formula is C22H28N2O2. The standard InChI is InChI=1S/C22H28N2O2/c1-14(2)19-7-6-8-20(15(3)4)22(19)24-21(26)13-23-18-11-9-17(10-12-18)16(5)25/h6-12,14-15,23H,13H2,1-5H3,(H,24,26). The Balaban J connectivity index is 2.09. The van der Waals surface area contributed by atoms with Crippen molar-refractivity contribution in [3.8, 4) is 0 Å². The number of rotatable bonds is 7. The average molecular weight is 352 g/mol. The highest BCUT2D eigenvalue weighted by atomic mass is 16.2. The monoisotopic (exact) mass is 352 g/mol. The van der Waals surface area contributed by atoms with E-state index in [0.29, 0.717) is 17.4 Å². The zero-order valence-electron chi connectivity index (χ0n) is 16.2. The van der Waals surface area contributed by atoms with Gasteiger partial charge >= 0.3 is 0 Å². The summed E-state index contributed by atoms with van der Waals surface area (Å²) in [6.45, 7) is 10.2. The van der Waals surface area contributed by atoms with Crippen molar-refractivity contribution in [2.24, 2.45) is 0 Å². The van der Waals surface area contributed by atoms with Crippen molar-refractivity contribution in [1.29, 1.82) is 0 Å². The number of para-hydroxylation sites is 1. The predicted molar refractivity (Wildman–Crippen MR) is 108 cm³/mol. The van der Waals surface area contributed by atoms with Gasteiger partial charge in [-0.25, -0.2) is 0 Å². The van der Waals surface area contributed by atoms with Gasteiger partial charge in [-0.1, -0.05) is 45.9 Å². The van der Waals surface area contributed by atoms with E-state index in [2.05, 4.69) is 56.5 Å². The third kappa shape index (κ3) is 4.94. The summed E-state index contributed by atoms with van der Waals surface area (Å²) in [6.07, 6.45) is 0. The molecule has 2 rings (SSSR count). The van der Waals surface area contributed by atoms with Crippen molar-refractivity contribution >= 4 is 23.1 Å². The molecule has 0 aliphatic heterocycles. The smallest absolute Gasteiger partial charge is 0.243 e. The molecule has 0 saturated heterocycles. The number of hydrogen-bond donors (Lipinski definition) is 2. The lowest BCUT2D eigenvalue weighted by atomic mass is 9.92. The number of carbonyl (C=O) groups excluding carboxylic acids is 2. The number of carbonyl (C=O) groups is 2. The SMILES string of the molecule is CC(=O)c1ccc(NCC(=O)Nc2c(C(C)C)cccc2C(C)C)cc1.